The molecule has 0 fully saturated rings. The number of hydrogen-bond donors (Lipinski definition) is 2. The average molecular weight is 294 g/mol. The highest BCUT2D eigenvalue weighted by atomic mass is 19.1. The highest BCUT2D eigenvalue weighted by Crippen LogP contribution is 2.17. The molecule has 118 valence electrons. The summed E-state index contributed by atoms with van der Waals surface area (Å²) < 4.78 is 13.6. The van der Waals surface area contributed by atoms with Crippen molar-refractivity contribution >= 4 is 5.91 Å². The van der Waals surface area contributed by atoms with Crippen molar-refractivity contribution in [1.82, 2.24) is 10.6 Å². The number of carbonyl (C=O) groups is 1. The number of benzene rings is 1. The lowest BCUT2D eigenvalue weighted by atomic mass is 10.0. The molecule has 1 amide bonds. The van der Waals surface area contributed by atoms with E-state index in [0.29, 0.717) is 5.56 Å². The van der Waals surface area contributed by atoms with Gasteiger partial charge in [0.15, 0.2) is 0 Å². The van der Waals surface area contributed by atoms with Crippen LogP contribution in [0.1, 0.15) is 58.2 Å². The zero-order valence-electron chi connectivity index (χ0n) is 13.9. The molecule has 0 aromatic heterocycles. The first-order valence-electron chi connectivity index (χ1n) is 7.50. The van der Waals surface area contributed by atoms with Gasteiger partial charge in [0.25, 0.3) is 0 Å². The van der Waals surface area contributed by atoms with E-state index >= 15 is 0 Å². The molecule has 0 heterocycles. The number of hydrogen-bond acceptors (Lipinski definition) is 2. The smallest absolute Gasteiger partial charge is 0.237 e. The number of aryl methyl sites for hydroxylation is 1. The van der Waals surface area contributed by atoms with Crippen molar-refractivity contribution in [2.75, 3.05) is 0 Å². The minimum atomic E-state index is -0.338. The number of halogens is 1. The molecule has 0 spiro atoms. The van der Waals surface area contributed by atoms with Crippen molar-refractivity contribution in [3.63, 3.8) is 0 Å². The minimum Gasteiger partial charge on any atom is -0.350 e. The molecule has 2 atom stereocenters. The first kappa shape index (κ1) is 17.6. The summed E-state index contributed by atoms with van der Waals surface area (Å²) in [4.78, 5) is 12.2. The largest absolute Gasteiger partial charge is 0.350 e. The second-order valence-corrected chi connectivity index (χ2v) is 6.35. The van der Waals surface area contributed by atoms with Gasteiger partial charge in [0.1, 0.15) is 5.82 Å². The molecule has 4 heteroatoms. The van der Waals surface area contributed by atoms with Crippen molar-refractivity contribution in [1.29, 1.82) is 0 Å². The van der Waals surface area contributed by atoms with Crippen LogP contribution in [0.25, 0.3) is 0 Å². The molecule has 2 N–H and O–H groups in total. The molecule has 0 saturated heterocycles. The number of rotatable bonds is 6. The standard InChI is InChI=1S/C17H27FN2O/c1-7-17(5,6)20-16(21)13(4)19-12(3)14-9-8-11(2)15(18)10-14/h8-10,12-13,19H,7H2,1-6H3,(H,20,21). The van der Waals surface area contributed by atoms with Crippen LogP contribution >= 0.6 is 0 Å². The highest BCUT2D eigenvalue weighted by Gasteiger charge is 2.23. The number of nitrogens with one attached hydrogen (secondary N) is 2. The third-order valence-electron chi connectivity index (χ3n) is 3.93. The van der Waals surface area contributed by atoms with E-state index in [9.17, 15) is 9.18 Å². The molecule has 0 bridgehead atoms. The zero-order chi connectivity index (χ0) is 16.2. The minimum absolute atomic E-state index is 0.0405. The van der Waals surface area contributed by atoms with E-state index in [-0.39, 0.29) is 29.3 Å². The van der Waals surface area contributed by atoms with Gasteiger partial charge in [-0.15, -0.1) is 0 Å². The van der Waals surface area contributed by atoms with Crippen LogP contribution in [0.3, 0.4) is 0 Å². The summed E-state index contributed by atoms with van der Waals surface area (Å²) in [6.45, 7) is 11.5. The summed E-state index contributed by atoms with van der Waals surface area (Å²) in [5.74, 6) is -0.258. The van der Waals surface area contributed by atoms with Crippen molar-refractivity contribution in [2.24, 2.45) is 0 Å². The second kappa shape index (κ2) is 7.03. The fourth-order valence-electron chi connectivity index (χ4n) is 1.96. The molecule has 0 aliphatic heterocycles. The van der Waals surface area contributed by atoms with E-state index in [1.54, 1.807) is 13.0 Å². The van der Waals surface area contributed by atoms with E-state index in [0.717, 1.165) is 12.0 Å². The maximum absolute atomic E-state index is 13.6. The zero-order valence-corrected chi connectivity index (χ0v) is 13.9. The second-order valence-electron chi connectivity index (χ2n) is 6.35. The summed E-state index contributed by atoms with van der Waals surface area (Å²) in [5, 5.41) is 6.22. The molecule has 0 aliphatic rings. The molecule has 0 aliphatic carbocycles. The number of amides is 1. The molecule has 1 aromatic rings. The molecular formula is C17H27FN2O. The van der Waals surface area contributed by atoms with Crippen LogP contribution in [0.5, 0.6) is 0 Å². The molecule has 21 heavy (non-hydrogen) atoms. The Morgan fingerprint density at radius 3 is 2.48 bits per heavy atom. The third-order valence-corrected chi connectivity index (χ3v) is 3.93. The lowest BCUT2D eigenvalue weighted by molar-refractivity contribution is -0.124. The Kier molecular flexibility index (Phi) is 5.90. The molecule has 0 radical (unpaired) electrons. The van der Waals surface area contributed by atoms with Gasteiger partial charge in [0.05, 0.1) is 6.04 Å². The molecule has 1 aromatic carbocycles. The summed E-state index contributed by atoms with van der Waals surface area (Å²) in [5.41, 5.74) is 1.25. The van der Waals surface area contributed by atoms with Crippen LogP contribution < -0.4 is 10.6 Å². The molecular weight excluding hydrogens is 267 g/mol. The fraction of sp³-hybridized carbons (Fsp3) is 0.588. The first-order chi connectivity index (χ1) is 9.66. The van der Waals surface area contributed by atoms with Crippen LogP contribution in [0.15, 0.2) is 18.2 Å². The van der Waals surface area contributed by atoms with Gasteiger partial charge in [-0.25, -0.2) is 4.39 Å². The molecule has 2 unspecified atom stereocenters. The van der Waals surface area contributed by atoms with Crippen molar-refractivity contribution in [3.05, 3.63) is 35.1 Å². The topological polar surface area (TPSA) is 41.1 Å². The Bertz CT molecular complexity index is 500. The Morgan fingerprint density at radius 1 is 1.33 bits per heavy atom. The lowest BCUT2D eigenvalue weighted by Gasteiger charge is -2.28. The van der Waals surface area contributed by atoms with E-state index in [4.69, 9.17) is 0 Å². The van der Waals surface area contributed by atoms with Gasteiger partial charge >= 0.3 is 0 Å². The summed E-state index contributed by atoms with van der Waals surface area (Å²) in [6.07, 6.45) is 0.865. The summed E-state index contributed by atoms with van der Waals surface area (Å²) in [7, 11) is 0. The van der Waals surface area contributed by atoms with Crippen molar-refractivity contribution < 1.29 is 9.18 Å². The van der Waals surface area contributed by atoms with Gasteiger partial charge in [-0.2, -0.15) is 0 Å². The Labute approximate surface area is 127 Å². The fourth-order valence-corrected chi connectivity index (χ4v) is 1.96. The van der Waals surface area contributed by atoms with Crippen LogP contribution in [0, 0.1) is 12.7 Å². The Morgan fingerprint density at radius 2 is 1.95 bits per heavy atom. The van der Waals surface area contributed by atoms with E-state index in [2.05, 4.69) is 10.6 Å². The average Bonchev–Trinajstić information content (AvgIpc) is 2.41. The van der Waals surface area contributed by atoms with Crippen LogP contribution in [0.2, 0.25) is 0 Å². The Hall–Kier alpha value is -1.42. The van der Waals surface area contributed by atoms with Gasteiger partial charge in [-0.3, -0.25) is 10.1 Å². The third kappa shape index (κ3) is 5.12. The van der Waals surface area contributed by atoms with Crippen molar-refractivity contribution in [2.45, 2.75) is 65.6 Å². The van der Waals surface area contributed by atoms with Gasteiger partial charge in [-0.1, -0.05) is 19.1 Å². The predicted octanol–water partition coefficient (Wildman–Crippen LogP) is 3.48. The Balaban J connectivity index is 2.67. The van der Waals surface area contributed by atoms with Gasteiger partial charge < -0.3 is 5.32 Å². The normalized spacial score (nSPS) is 14.6. The van der Waals surface area contributed by atoms with E-state index in [1.165, 1.54) is 6.07 Å². The van der Waals surface area contributed by atoms with Crippen molar-refractivity contribution in [3.8, 4) is 0 Å². The van der Waals surface area contributed by atoms with Crippen LogP contribution in [0.4, 0.5) is 4.39 Å². The first-order valence-corrected chi connectivity index (χ1v) is 7.50. The lowest BCUT2D eigenvalue weighted by Crippen LogP contribution is -2.51. The highest BCUT2D eigenvalue weighted by molar-refractivity contribution is 5.82. The maximum atomic E-state index is 13.6. The monoisotopic (exact) mass is 294 g/mol. The SMILES string of the molecule is CCC(C)(C)NC(=O)C(C)NC(C)c1ccc(C)c(F)c1. The quantitative estimate of drug-likeness (QED) is 0.843. The summed E-state index contributed by atoms with van der Waals surface area (Å²) >= 11 is 0. The maximum Gasteiger partial charge on any atom is 0.237 e. The van der Waals surface area contributed by atoms with Crippen LogP contribution in [-0.4, -0.2) is 17.5 Å². The van der Waals surface area contributed by atoms with E-state index in [1.807, 2.05) is 40.7 Å². The van der Waals surface area contributed by atoms with E-state index < -0.39 is 0 Å². The van der Waals surface area contributed by atoms with Gasteiger partial charge in [0, 0.05) is 11.6 Å². The summed E-state index contributed by atoms with van der Waals surface area (Å²) in [6, 6.07) is 4.73. The molecule has 1 rings (SSSR count). The predicted molar refractivity (Wildman–Crippen MR) is 84.7 cm³/mol. The molecule has 0 saturated carbocycles. The van der Waals surface area contributed by atoms with Gasteiger partial charge in [-0.05, 0) is 58.2 Å². The van der Waals surface area contributed by atoms with Crippen LogP contribution in [-0.2, 0) is 4.79 Å². The number of carbonyl (C=O) groups excluding carboxylic acids is 1. The molecule has 3 nitrogen and oxygen atoms in total. The van der Waals surface area contributed by atoms with Gasteiger partial charge in [0.2, 0.25) is 5.91 Å².